The van der Waals surface area contributed by atoms with Crippen molar-refractivity contribution in [1.82, 2.24) is 4.98 Å². The van der Waals surface area contributed by atoms with Crippen LogP contribution in [0.15, 0.2) is 71.8 Å². The minimum absolute atomic E-state index is 0.203. The van der Waals surface area contributed by atoms with Crippen LogP contribution in [0, 0.1) is 6.92 Å². The number of benzene rings is 3. The molecule has 0 aliphatic heterocycles. The summed E-state index contributed by atoms with van der Waals surface area (Å²) in [5.41, 5.74) is 3.61. The predicted molar refractivity (Wildman–Crippen MR) is 133 cm³/mol. The molecule has 0 saturated heterocycles. The van der Waals surface area contributed by atoms with Crippen LogP contribution in [0.3, 0.4) is 0 Å². The Kier molecular flexibility index (Phi) is 7.17. The molecule has 4 rings (SSSR count). The Morgan fingerprint density at radius 2 is 1.59 bits per heavy atom. The van der Waals surface area contributed by atoms with Gasteiger partial charge in [0.15, 0.2) is 11.5 Å². The molecule has 1 aromatic heterocycles. The molecule has 0 saturated carbocycles. The Balaban J connectivity index is 1.61. The monoisotopic (exact) mass is 532 g/mol. The first kappa shape index (κ1) is 26.1. The van der Waals surface area contributed by atoms with Gasteiger partial charge in [0.2, 0.25) is 0 Å². The van der Waals surface area contributed by atoms with E-state index < -0.39 is 27.0 Å². The summed E-state index contributed by atoms with van der Waals surface area (Å²) in [7, 11) is -1.25. The summed E-state index contributed by atoms with van der Waals surface area (Å²) < 4.78 is 80.9. The number of sulfonamides is 1. The van der Waals surface area contributed by atoms with Gasteiger partial charge in [0.25, 0.3) is 10.0 Å². The van der Waals surface area contributed by atoms with E-state index in [-0.39, 0.29) is 5.69 Å². The molecule has 7 nitrogen and oxygen atoms in total. The number of hydrogen-bond acceptors (Lipinski definition) is 6. The highest BCUT2D eigenvalue weighted by Gasteiger charge is 2.34. The average Bonchev–Trinajstić information content (AvgIpc) is 2.84. The summed E-state index contributed by atoms with van der Waals surface area (Å²) in [5, 5.41) is 0.880. The topological polar surface area (TPSA) is 86.8 Å². The molecule has 0 atom stereocenters. The van der Waals surface area contributed by atoms with Crippen molar-refractivity contribution in [2.75, 3.05) is 18.9 Å². The molecule has 1 heterocycles. The van der Waals surface area contributed by atoms with E-state index in [2.05, 4.69) is 14.4 Å². The lowest BCUT2D eigenvalue weighted by atomic mass is 9.97. The van der Waals surface area contributed by atoms with E-state index in [1.54, 1.807) is 44.7 Å². The number of aromatic nitrogens is 1. The zero-order valence-corrected chi connectivity index (χ0v) is 20.9. The van der Waals surface area contributed by atoms with Gasteiger partial charge in [-0.1, -0.05) is 18.2 Å². The minimum atomic E-state index is -5.03. The molecule has 0 amide bonds. The van der Waals surface area contributed by atoms with Gasteiger partial charge in [-0.15, -0.1) is 13.2 Å². The summed E-state index contributed by atoms with van der Waals surface area (Å²) in [5.74, 6) is 0.322. The van der Waals surface area contributed by atoms with Gasteiger partial charge < -0.3 is 14.2 Å². The van der Waals surface area contributed by atoms with Crippen LogP contribution in [0.25, 0.3) is 10.9 Å². The van der Waals surface area contributed by atoms with Crippen molar-refractivity contribution in [3.05, 3.63) is 83.6 Å². The normalized spacial score (nSPS) is 11.8. The van der Waals surface area contributed by atoms with Crippen molar-refractivity contribution in [3.8, 4) is 17.2 Å². The van der Waals surface area contributed by atoms with Crippen LogP contribution in [0.4, 0.5) is 18.9 Å². The molecule has 0 radical (unpaired) electrons. The van der Waals surface area contributed by atoms with Crippen molar-refractivity contribution in [2.24, 2.45) is 0 Å². The lowest BCUT2D eigenvalue weighted by molar-refractivity contribution is -0.275. The van der Waals surface area contributed by atoms with Crippen molar-refractivity contribution >= 4 is 26.6 Å². The van der Waals surface area contributed by atoms with Gasteiger partial charge in [0.05, 0.1) is 19.7 Å². The molecular weight excluding hydrogens is 509 g/mol. The second-order valence-corrected chi connectivity index (χ2v) is 9.76. The molecule has 0 fully saturated rings. The number of aryl methyl sites for hydroxylation is 1. The Labute approximate surface area is 211 Å². The number of halogens is 3. The van der Waals surface area contributed by atoms with Crippen LogP contribution >= 0.6 is 0 Å². The molecule has 0 unspecified atom stereocenters. The molecule has 0 bridgehead atoms. The Morgan fingerprint density at radius 1 is 0.892 bits per heavy atom. The summed E-state index contributed by atoms with van der Waals surface area (Å²) >= 11 is 0. The number of anilines is 1. The lowest BCUT2D eigenvalue weighted by Crippen LogP contribution is -2.20. The molecule has 0 aliphatic carbocycles. The Morgan fingerprint density at radius 3 is 2.27 bits per heavy atom. The third-order valence-corrected chi connectivity index (χ3v) is 7.10. The standard InChI is InChI=1S/C26H23F3N2O5S/c1-16-12-19(31-37(32,33)25-7-5-4-6-22(25)36-26(27,28)29)9-8-17(16)13-18-10-11-30-21-15-24(35-3)23(34-2)14-20(18)21/h4-12,14-15,31H,13H2,1-3H3. The maximum atomic E-state index is 12.9. The summed E-state index contributed by atoms with van der Waals surface area (Å²) in [6, 6.07) is 15.0. The van der Waals surface area contributed by atoms with Crippen molar-refractivity contribution in [1.29, 1.82) is 0 Å². The fourth-order valence-corrected chi connectivity index (χ4v) is 5.12. The summed E-state index contributed by atoms with van der Waals surface area (Å²) in [6.07, 6.45) is -2.81. The SMILES string of the molecule is COc1cc2nccc(Cc3ccc(NS(=O)(=O)c4ccccc4OC(F)(F)F)cc3C)c2cc1OC. The molecule has 11 heteroatoms. The van der Waals surface area contributed by atoms with Crippen LogP contribution in [0.5, 0.6) is 17.2 Å². The fourth-order valence-electron chi connectivity index (χ4n) is 3.94. The highest BCUT2D eigenvalue weighted by molar-refractivity contribution is 7.92. The van der Waals surface area contributed by atoms with E-state index in [1.807, 2.05) is 19.1 Å². The molecule has 1 N–H and O–H groups in total. The molecule has 3 aromatic carbocycles. The first-order valence-corrected chi connectivity index (χ1v) is 12.5. The highest BCUT2D eigenvalue weighted by Crippen LogP contribution is 2.34. The van der Waals surface area contributed by atoms with E-state index in [4.69, 9.17) is 9.47 Å². The van der Waals surface area contributed by atoms with Crippen molar-refractivity contribution in [2.45, 2.75) is 24.6 Å². The maximum absolute atomic E-state index is 12.9. The van der Waals surface area contributed by atoms with Crippen LogP contribution in [0.2, 0.25) is 0 Å². The molecule has 0 aliphatic rings. The molecule has 194 valence electrons. The van der Waals surface area contributed by atoms with E-state index in [0.29, 0.717) is 17.9 Å². The van der Waals surface area contributed by atoms with Crippen LogP contribution in [-0.4, -0.2) is 34.0 Å². The van der Waals surface area contributed by atoms with E-state index in [9.17, 15) is 21.6 Å². The van der Waals surface area contributed by atoms with E-state index >= 15 is 0 Å². The largest absolute Gasteiger partial charge is 0.573 e. The average molecular weight is 533 g/mol. The van der Waals surface area contributed by atoms with E-state index in [0.717, 1.165) is 39.7 Å². The number of para-hydroxylation sites is 1. The smallest absolute Gasteiger partial charge is 0.493 e. The van der Waals surface area contributed by atoms with Crippen LogP contribution in [-0.2, 0) is 16.4 Å². The number of pyridine rings is 1. The first-order valence-electron chi connectivity index (χ1n) is 11.0. The number of ether oxygens (including phenoxy) is 3. The maximum Gasteiger partial charge on any atom is 0.573 e. The number of nitrogens with one attached hydrogen (secondary N) is 1. The number of nitrogens with zero attached hydrogens (tertiary/aromatic N) is 1. The minimum Gasteiger partial charge on any atom is -0.493 e. The molecule has 0 spiro atoms. The van der Waals surface area contributed by atoms with Crippen LogP contribution < -0.4 is 18.9 Å². The van der Waals surface area contributed by atoms with Gasteiger partial charge in [-0.2, -0.15) is 0 Å². The third-order valence-electron chi connectivity index (χ3n) is 5.68. The van der Waals surface area contributed by atoms with Gasteiger partial charge in [-0.25, -0.2) is 8.42 Å². The summed E-state index contributed by atoms with van der Waals surface area (Å²) in [4.78, 5) is 3.79. The lowest BCUT2D eigenvalue weighted by Gasteiger charge is -2.16. The zero-order chi connectivity index (χ0) is 26.8. The second-order valence-electron chi connectivity index (χ2n) is 8.11. The van der Waals surface area contributed by atoms with Gasteiger partial charge in [0, 0.05) is 23.3 Å². The Bertz CT molecular complexity index is 1560. The molecule has 37 heavy (non-hydrogen) atoms. The predicted octanol–water partition coefficient (Wildman–Crippen LogP) is 5.85. The highest BCUT2D eigenvalue weighted by atomic mass is 32.2. The second kappa shape index (κ2) is 10.2. The quantitative estimate of drug-likeness (QED) is 0.306. The van der Waals surface area contributed by atoms with Crippen LogP contribution in [0.1, 0.15) is 16.7 Å². The Hall–Kier alpha value is -3.99. The number of rotatable bonds is 8. The number of fused-ring (bicyclic) bond motifs is 1. The fraction of sp³-hybridized carbons (Fsp3) is 0.192. The molecule has 4 aromatic rings. The van der Waals surface area contributed by atoms with Gasteiger partial charge >= 0.3 is 6.36 Å². The number of methoxy groups -OCH3 is 2. The zero-order valence-electron chi connectivity index (χ0n) is 20.1. The number of hydrogen-bond donors (Lipinski definition) is 1. The number of alkyl halides is 3. The van der Waals surface area contributed by atoms with Crippen molar-refractivity contribution < 1.29 is 35.8 Å². The van der Waals surface area contributed by atoms with Gasteiger partial charge in [-0.05, 0) is 66.4 Å². The molecular formula is C26H23F3N2O5S. The summed E-state index contributed by atoms with van der Waals surface area (Å²) in [6.45, 7) is 1.82. The van der Waals surface area contributed by atoms with Gasteiger partial charge in [-0.3, -0.25) is 9.71 Å². The van der Waals surface area contributed by atoms with E-state index in [1.165, 1.54) is 12.1 Å². The third kappa shape index (κ3) is 5.88. The first-order chi connectivity index (χ1) is 17.5. The van der Waals surface area contributed by atoms with Gasteiger partial charge in [0.1, 0.15) is 10.6 Å². The van der Waals surface area contributed by atoms with Crippen molar-refractivity contribution in [3.63, 3.8) is 0 Å².